The number of ether oxygens (including phenoxy) is 1. The summed E-state index contributed by atoms with van der Waals surface area (Å²) in [5.41, 5.74) is -0.0283. The molecule has 3 aliphatic rings. The highest BCUT2D eigenvalue weighted by atomic mass is 19.4. The number of benzene rings is 2. The van der Waals surface area contributed by atoms with Crippen LogP contribution in [0.1, 0.15) is 49.7 Å². The molecule has 0 bridgehead atoms. The van der Waals surface area contributed by atoms with Crippen molar-refractivity contribution in [2.24, 2.45) is 23.7 Å². The summed E-state index contributed by atoms with van der Waals surface area (Å²) in [5, 5.41) is 9.68. The molecular formula is C27H29F6NO3. The van der Waals surface area contributed by atoms with Gasteiger partial charge in [0.1, 0.15) is 11.3 Å². The Bertz CT molecular complexity index is 1140. The molecule has 2 aromatic rings. The fourth-order valence-electron chi connectivity index (χ4n) is 6.52. The monoisotopic (exact) mass is 529 g/mol. The number of carboxylic acid groups (broad SMARTS) is 1. The maximum atomic E-state index is 14.1. The van der Waals surface area contributed by atoms with E-state index in [9.17, 15) is 36.2 Å². The van der Waals surface area contributed by atoms with E-state index in [1.165, 1.54) is 12.1 Å². The number of hydrogen-bond acceptors (Lipinski definition) is 3. The van der Waals surface area contributed by atoms with Crippen LogP contribution in [0.4, 0.5) is 26.3 Å². The van der Waals surface area contributed by atoms with Gasteiger partial charge < -0.3 is 9.84 Å². The number of carbonyl (C=O) groups is 1. The smallest absolute Gasteiger partial charge is 0.420 e. The molecule has 0 spiro atoms. The first kappa shape index (κ1) is 26.1. The second-order valence-electron chi connectivity index (χ2n) is 10.8. The Morgan fingerprint density at radius 1 is 0.946 bits per heavy atom. The number of halogens is 6. The highest BCUT2D eigenvalue weighted by Crippen LogP contribution is 2.45. The fourth-order valence-corrected chi connectivity index (χ4v) is 6.52. The first-order valence-corrected chi connectivity index (χ1v) is 12.7. The van der Waals surface area contributed by atoms with Gasteiger partial charge in [0.25, 0.3) is 0 Å². The first-order chi connectivity index (χ1) is 17.4. The topological polar surface area (TPSA) is 49.8 Å². The average molecular weight is 530 g/mol. The summed E-state index contributed by atoms with van der Waals surface area (Å²) in [7, 11) is 0. The average Bonchev–Trinajstić information content (AvgIpc) is 3.37. The van der Waals surface area contributed by atoms with Gasteiger partial charge in [-0.05, 0) is 78.8 Å². The van der Waals surface area contributed by atoms with Crippen molar-refractivity contribution >= 4 is 16.7 Å². The number of hydrogen-bond donors (Lipinski definition) is 1. The minimum Gasteiger partial charge on any atom is -0.490 e. The molecule has 3 fully saturated rings. The lowest BCUT2D eigenvalue weighted by molar-refractivity contribution is -0.185. The summed E-state index contributed by atoms with van der Waals surface area (Å²) in [6.07, 6.45) is -8.51. The molecule has 0 aromatic heterocycles. The van der Waals surface area contributed by atoms with E-state index >= 15 is 0 Å². The zero-order valence-corrected chi connectivity index (χ0v) is 20.1. The maximum absolute atomic E-state index is 14.1. The predicted octanol–water partition coefficient (Wildman–Crippen LogP) is 6.90. The van der Waals surface area contributed by atoms with Gasteiger partial charge >= 0.3 is 18.3 Å². The SMILES string of the molecule is O=C(O)C1CC2CN(Cc3ccc4c(C(F)(F)F)c(OC5CCC(C(F)(F)F)CC5)ccc4c3)CC2C1. The van der Waals surface area contributed by atoms with Gasteiger partial charge in [-0.2, -0.15) is 26.3 Å². The Morgan fingerprint density at radius 2 is 1.59 bits per heavy atom. The highest BCUT2D eigenvalue weighted by Gasteiger charge is 2.44. The molecule has 0 radical (unpaired) electrons. The summed E-state index contributed by atoms with van der Waals surface area (Å²) in [4.78, 5) is 13.5. The minimum atomic E-state index is -4.69. The van der Waals surface area contributed by atoms with Gasteiger partial charge in [0.05, 0.1) is 17.9 Å². The lowest BCUT2D eigenvalue weighted by atomic mass is 9.87. The maximum Gasteiger partial charge on any atom is 0.420 e. The molecule has 2 aromatic carbocycles. The molecule has 10 heteroatoms. The molecule has 1 heterocycles. The largest absolute Gasteiger partial charge is 0.490 e. The van der Waals surface area contributed by atoms with Crippen LogP contribution in [0.3, 0.4) is 0 Å². The zero-order valence-electron chi connectivity index (χ0n) is 20.1. The Hall–Kier alpha value is -2.49. The van der Waals surface area contributed by atoms with Crippen LogP contribution in [0.5, 0.6) is 5.75 Å². The number of rotatable bonds is 5. The molecule has 1 N–H and O–H groups in total. The highest BCUT2D eigenvalue weighted by molar-refractivity contribution is 5.89. The van der Waals surface area contributed by atoms with Crippen molar-refractivity contribution < 1.29 is 41.0 Å². The summed E-state index contributed by atoms with van der Waals surface area (Å²) in [5.74, 6) is -2.13. The number of carboxylic acids is 1. The van der Waals surface area contributed by atoms with Crippen molar-refractivity contribution in [3.8, 4) is 5.75 Å². The Labute approximate surface area is 210 Å². The van der Waals surface area contributed by atoms with Crippen LogP contribution in [0.15, 0.2) is 30.3 Å². The normalized spacial score (nSPS) is 29.0. The van der Waals surface area contributed by atoms with Crippen LogP contribution in [0.2, 0.25) is 0 Å². The van der Waals surface area contributed by atoms with Gasteiger partial charge in [0.15, 0.2) is 0 Å². The van der Waals surface area contributed by atoms with Gasteiger partial charge in [0.2, 0.25) is 0 Å². The number of fused-ring (bicyclic) bond motifs is 2. The number of alkyl halides is 6. The van der Waals surface area contributed by atoms with E-state index in [0.29, 0.717) is 36.6 Å². The summed E-state index contributed by atoms with van der Waals surface area (Å²) < 4.78 is 86.8. The standard InChI is InChI=1S/C27H29F6NO3/c28-26(29,30)20-3-5-21(6-4-20)37-23-8-2-16-9-15(1-7-22(16)24(23)27(31,32)33)12-34-13-18-10-17(25(35)36)11-19(18)14-34/h1-2,7-9,17-21H,3-6,10-14H2,(H,35,36). The van der Waals surface area contributed by atoms with E-state index in [0.717, 1.165) is 18.7 Å². The number of nitrogens with zero attached hydrogens (tertiary/aromatic N) is 1. The van der Waals surface area contributed by atoms with Crippen molar-refractivity contribution in [3.05, 3.63) is 41.5 Å². The van der Waals surface area contributed by atoms with Crippen molar-refractivity contribution in [2.45, 2.75) is 63.5 Å². The van der Waals surface area contributed by atoms with Crippen molar-refractivity contribution in [1.82, 2.24) is 4.90 Å². The molecule has 2 atom stereocenters. The molecule has 0 amide bonds. The predicted molar refractivity (Wildman–Crippen MR) is 124 cm³/mol. The summed E-state index contributed by atoms with van der Waals surface area (Å²) >= 11 is 0. The lowest BCUT2D eigenvalue weighted by Crippen LogP contribution is -2.32. The minimum absolute atomic E-state index is 0.000295. The molecule has 2 saturated carbocycles. The van der Waals surface area contributed by atoms with E-state index in [-0.39, 0.29) is 42.7 Å². The molecule has 37 heavy (non-hydrogen) atoms. The van der Waals surface area contributed by atoms with Crippen LogP contribution in [0, 0.1) is 23.7 Å². The first-order valence-electron chi connectivity index (χ1n) is 12.7. The third kappa shape index (κ3) is 5.54. The quantitative estimate of drug-likeness (QED) is 0.428. The van der Waals surface area contributed by atoms with Crippen LogP contribution in [-0.4, -0.2) is 41.3 Å². The van der Waals surface area contributed by atoms with Gasteiger partial charge in [-0.3, -0.25) is 9.69 Å². The van der Waals surface area contributed by atoms with Gasteiger partial charge in [-0.25, -0.2) is 0 Å². The lowest BCUT2D eigenvalue weighted by Gasteiger charge is -2.31. The third-order valence-electron chi connectivity index (χ3n) is 8.34. The number of aliphatic carboxylic acids is 1. The molecule has 4 nitrogen and oxygen atoms in total. The zero-order chi connectivity index (χ0) is 26.5. The third-order valence-corrected chi connectivity index (χ3v) is 8.34. The molecule has 5 rings (SSSR count). The van der Waals surface area contributed by atoms with Gasteiger partial charge in [-0.1, -0.05) is 18.2 Å². The van der Waals surface area contributed by atoms with Crippen LogP contribution >= 0.6 is 0 Å². The Balaban J connectivity index is 1.30. The van der Waals surface area contributed by atoms with Gasteiger partial charge in [0, 0.05) is 19.6 Å². The Kier molecular flexibility index (Phi) is 6.83. The molecule has 2 aliphatic carbocycles. The number of likely N-dealkylation sites (tertiary alicyclic amines) is 1. The molecule has 202 valence electrons. The summed E-state index contributed by atoms with van der Waals surface area (Å²) in [6.45, 7) is 2.13. The van der Waals surface area contributed by atoms with E-state index in [2.05, 4.69) is 4.90 Å². The summed E-state index contributed by atoms with van der Waals surface area (Å²) in [6, 6.07) is 7.69. The van der Waals surface area contributed by atoms with Crippen LogP contribution in [0.25, 0.3) is 10.8 Å². The van der Waals surface area contributed by atoms with Crippen molar-refractivity contribution in [3.63, 3.8) is 0 Å². The van der Waals surface area contributed by atoms with Gasteiger partial charge in [-0.15, -0.1) is 0 Å². The van der Waals surface area contributed by atoms with E-state index in [4.69, 9.17) is 4.74 Å². The van der Waals surface area contributed by atoms with E-state index in [1.807, 2.05) is 0 Å². The molecule has 2 unspecified atom stereocenters. The van der Waals surface area contributed by atoms with Crippen molar-refractivity contribution in [2.75, 3.05) is 13.1 Å². The van der Waals surface area contributed by atoms with E-state index < -0.39 is 35.9 Å². The van der Waals surface area contributed by atoms with Crippen molar-refractivity contribution in [1.29, 1.82) is 0 Å². The molecule has 1 saturated heterocycles. The molecular weight excluding hydrogens is 500 g/mol. The second-order valence-corrected chi connectivity index (χ2v) is 10.8. The molecule has 1 aliphatic heterocycles. The van der Waals surface area contributed by atoms with Crippen LogP contribution in [-0.2, 0) is 17.5 Å². The van der Waals surface area contributed by atoms with E-state index in [1.54, 1.807) is 18.2 Å². The fraction of sp³-hybridized carbons (Fsp3) is 0.593. The van der Waals surface area contributed by atoms with Crippen LogP contribution < -0.4 is 4.74 Å². The Morgan fingerprint density at radius 3 is 2.16 bits per heavy atom. The second kappa shape index (κ2) is 9.67.